The molecule has 312 valence electrons. The van der Waals surface area contributed by atoms with E-state index in [0.29, 0.717) is 24.1 Å². The molecule has 1 spiro atoms. The van der Waals surface area contributed by atoms with Crippen molar-refractivity contribution in [2.45, 2.75) is 75.5 Å². The number of esters is 1. The number of carboxylic acid groups (broad SMARTS) is 1. The third-order valence-electron chi connectivity index (χ3n) is 12.3. The number of benzene rings is 2. The topological polar surface area (TPSA) is 144 Å². The number of aliphatic imine (C=N–C) groups is 1. The van der Waals surface area contributed by atoms with Gasteiger partial charge < -0.3 is 34.8 Å². The van der Waals surface area contributed by atoms with Crippen LogP contribution in [-0.2, 0) is 14.3 Å². The maximum atomic E-state index is 12.7. The highest BCUT2D eigenvalue weighted by Crippen LogP contribution is 2.38. The minimum Gasteiger partial charge on any atom is -0.480 e. The Kier molecular flexibility index (Phi) is 12.4. The summed E-state index contributed by atoms with van der Waals surface area (Å²) in [6, 6.07) is 15.2. The van der Waals surface area contributed by atoms with Gasteiger partial charge in [0.25, 0.3) is 5.91 Å². The van der Waals surface area contributed by atoms with Crippen LogP contribution in [0.25, 0.3) is 22.5 Å². The van der Waals surface area contributed by atoms with Gasteiger partial charge in [-0.05, 0) is 51.9 Å². The first kappa shape index (κ1) is 41.1. The van der Waals surface area contributed by atoms with Crippen molar-refractivity contribution in [2.24, 2.45) is 4.99 Å². The van der Waals surface area contributed by atoms with Gasteiger partial charge >= 0.3 is 11.9 Å². The number of thiazole rings is 2. The number of rotatable bonds is 8. The lowest BCUT2D eigenvalue weighted by Crippen LogP contribution is -2.55. The van der Waals surface area contributed by atoms with Gasteiger partial charge in [-0.15, -0.1) is 22.7 Å². The molecule has 2 saturated heterocycles. The van der Waals surface area contributed by atoms with E-state index in [-0.39, 0.29) is 11.9 Å². The zero-order valence-electron chi connectivity index (χ0n) is 34.0. The van der Waals surface area contributed by atoms with Gasteiger partial charge in [0.15, 0.2) is 16.0 Å². The summed E-state index contributed by atoms with van der Waals surface area (Å²) < 4.78 is 5.69. The lowest BCUT2D eigenvalue weighted by atomic mass is 9.81. The Hall–Kier alpha value is -4.70. The number of aliphatic carboxylic acids is 1. The molecule has 0 radical (unpaired) electrons. The van der Waals surface area contributed by atoms with Crippen molar-refractivity contribution < 1.29 is 24.2 Å². The molecule has 2 aliphatic carbocycles. The average Bonchev–Trinajstić information content (AvgIpc) is 4.03. The van der Waals surface area contributed by atoms with E-state index >= 15 is 0 Å². The zero-order valence-corrected chi connectivity index (χ0v) is 35.7. The van der Waals surface area contributed by atoms with Crippen molar-refractivity contribution >= 4 is 56.5 Å². The summed E-state index contributed by atoms with van der Waals surface area (Å²) in [5, 5.41) is 18.7. The fourth-order valence-electron chi connectivity index (χ4n) is 8.50. The maximum absolute atomic E-state index is 12.7. The van der Waals surface area contributed by atoms with E-state index in [1.54, 1.807) is 34.8 Å². The van der Waals surface area contributed by atoms with Crippen LogP contribution in [0, 0.1) is 0 Å². The second-order valence-corrected chi connectivity index (χ2v) is 18.2. The quantitative estimate of drug-likeness (QED) is 0.184. The van der Waals surface area contributed by atoms with Crippen LogP contribution in [-0.4, -0.2) is 126 Å². The first-order valence-electron chi connectivity index (χ1n) is 21.0. The van der Waals surface area contributed by atoms with Crippen LogP contribution in [0.1, 0.15) is 80.1 Å². The molecule has 15 heteroatoms. The van der Waals surface area contributed by atoms with Gasteiger partial charge in [0.2, 0.25) is 5.72 Å². The van der Waals surface area contributed by atoms with E-state index in [2.05, 4.69) is 44.4 Å². The smallest absolute Gasteiger partial charge is 0.359 e. The molecule has 9 rings (SSSR count). The number of nitrogens with zero attached hydrogens (tertiary/aromatic N) is 7. The van der Waals surface area contributed by atoms with Gasteiger partial charge in [-0.25, -0.2) is 24.5 Å². The van der Waals surface area contributed by atoms with Crippen LogP contribution in [0.2, 0.25) is 0 Å². The number of amides is 1. The molecule has 13 nitrogen and oxygen atoms in total. The fourth-order valence-corrected chi connectivity index (χ4v) is 10.3. The summed E-state index contributed by atoms with van der Waals surface area (Å²) in [5.41, 5.74) is 3.92. The SMILES string of the molecule is CN1CCN(c2nc(-c3ccc(C(=O)NC4(C(=O)O)CCCCC4)cc3)cs2)CC1.CN1CCN(c2nc(-c3ccc(C4=NC5(CCCCC5)OC4=O)cc3)cs2)CC1. The number of hydrogen-bond acceptors (Lipinski definition) is 13. The van der Waals surface area contributed by atoms with E-state index in [1.165, 1.54) is 6.42 Å². The lowest BCUT2D eigenvalue weighted by molar-refractivity contribution is -0.149. The van der Waals surface area contributed by atoms with Crippen molar-refractivity contribution in [1.29, 1.82) is 0 Å². The summed E-state index contributed by atoms with van der Waals surface area (Å²) in [6.45, 7) is 8.22. The number of carbonyl (C=O) groups excluding carboxylic acids is 2. The molecule has 5 aliphatic rings. The second-order valence-electron chi connectivity index (χ2n) is 16.5. The molecule has 3 aliphatic heterocycles. The molecule has 0 bridgehead atoms. The van der Waals surface area contributed by atoms with Gasteiger partial charge in [-0.1, -0.05) is 62.1 Å². The number of aromatic nitrogens is 2. The third-order valence-corrected chi connectivity index (χ3v) is 14.1. The monoisotopic (exact) mass is 838 g/mol. The van der Waals surface area contributed by atoms with E-state index < -0.39 is 17.2 Å². The Labute approximate surface area is 354 Å². The third kappa shape index (κ3) is 9.38. The Balaban J connectivity index is 0.000000164. The van der Waals surface area contributed by atoms with Gasteiger partial charge in [-0.3, -0.25) is 4.79 Å². The van der Waals surface area contributed by atoms with E-state index in [9.17, 15) is 19.5 Å². The highest BCUT2D eigenvalue weighted by Gasteiger charge is 2.43. The van der Waals surface area contributed by atoms with Crippen LogP contribution in [0.4, 0.5) is 10.3 Å². The number of nitrogens with one attached hydrogen (secondary N) is 1. The minimum absolute atomic E-state index is 0.286. The Morgan fingerprint density at radius 2 is 1.12 bits per heavy atom. The zero-order chi connectivity index (χ0) is 41.0. The van der Waals surface area contributed by atoms with Crippen molar-refractivity contribution in [3.8, 4) is 22.5 Å². The minimum atomic E-state index is -1.14. The summed E-state index contributed by atoms with van der Waals surface area (Å²) in [5.74, 6) is -1.56. The molecule has 2 aromatic heterocycles. The lowest BCUT2D eigenvalue weighted by Gasteiger charge is -2.34. The molecule has 4 aromatic rings. The number of carbonyl (C=O) groups is 3. The molecule has 2 saturated carbocycles. The fraction of sp³-hybridized carbons (Fsp3) is 0.500. The first-order chi connectivity index (χ1) is 28.6. The Morgan fingerprint density at radius 3 is 1.61 bits per heavy atom. The van der Waals surface area contributed by atoms with Gasteiger partial charge in [-0.2, -0.15) is 0 Å². The summed E-state index contributed by atoms with van der Waals surface area (Å²) in [7, 11) is 4.29. The molecule has 1 amide bonds. The van der Waals surface area contributed by atoms with Crippen molar-refractivity contribution in [1.82, 2.24) is 25.1 Å². The van der Waals surface area contributed by atoms with Gasteiger partial charge in [0.1, 0.15) is 5.54 Å². The summed E-state index contributed by atoms with van der Waals surface area (Å²) in [6.07, 6.45) is 8.66. The highest BCUT2D eigenvalue weighted by molar-refractivity contribution is 7.14. The molecule has 0 unspecified atom stereocenters. The van der Waals surface area contributed by atoms with Gasteiger partial charge in [0.05, 0.1) is 11.4 Å². The normalized spacial score (nSPS) is 20.7. The molecule has 5 heterocycles. The molecule has 2 N–H and O–H groups in total. The molecule has 0 atom stereocenters. The van der Waals surface area contributed by atoms with Gasteiger partial charge in [0, 0.05) is 98.2 Å². The second kappa shape index (κ2) is 17.9. The molecule has 4 fully saturated rings. The summed E-state index contributed by atoms with van der Waals surface area (Å²) in [4.78, 5) is 60.6. The summed E-state index contributed by atoms with van der Waals surface area (Å²) >= 11 is 3.34. The van der Waals surface area contributed by atoms with E-state index in [0.717, 1.165) is 136 Å². The highest BCUT2D eigenvalue weighted by atomic mass is 32.1. The Bertz CT molecular complexity index is 2120. The van der Waals surface area contributed by atoms with Crippen molar-refractivity contribution in [3.63, 3.8) is 0 Å². The standard InChI is InChI=1S/C22H28N4O3S.C22H26N4O2S/c1-25-11-13-26(14-12-25)21-23-18(15-30-21)16-5-7-17(8-6-16)19(27)24-22(20(28)29)9-3-2-4-10-22;1-25-11-13-26(14-12-25)21-23-18(15-29-21)16-5-7-17(8-6-16)19-20(27)28-22(24-19)9-3-2-4-10-22/h5-8,15H,2-4,9-14H2,1H3,(H,24,27)(H,28,29);5-8,15H,2-4,9-14H2,1H3. The van der Waals surface area contributed by atoms with Crippen molar-refractivity contribution in [2.75, 3.05) is 76.3 Å². The maximum Gasteiger partial charge on any atom is 0.359 e. The number of carboxylic acids is 1. The number of hydrogen-bond donors (Lipinski definition) is 2. The molecule has 2 aromatic carbocycles. The predicted molar refractivity (Wildman–Crippen MR) is 234 cm³/mol. The van der Waals surface area contributed by atoms with Crippen LogP contribution in [0.5, 0.6) is 0 Å². The molecular weight excluding hydrogens is 785 g/mol. The number of piperazine rings is 2. The molecule has 59 heavy (non-hydrogen) atoms. The predicted octanol–water partition coefficient (Wildman–Crippen LogP) is 6.65. The van der Waals surface area contributed by atoms with Crippen LogP contribution in [0.15, 0.2) is 64.3 Å². The van der Waals surface area contributed by atoms with E-state index in [1.807, 2.05) is 41.8 Å². The largest absolute Gasteiger partial charge is 0.480 e. The van der Waals surface area contributed by atoms with Crippen LogP contribution < -0.4 is 15.1 Å². The number of anilines is 2. The van der Waals surface area contributed by atoms with E-state index in [4.69, 9.17) is 19.7 Å². The first-order valence-corrected chi connectivity index (χ1v) is 22.7. The Morgan fingerprint density at radius 1 is 0.661 bits per heavy atom. The average molecular weight is 839 g/mol. The molecular formula is C44H54N8O5S2. The van der Waals surface area contributed by atoms with Crippen LogP contribution >= 0.6 is 22.7 Å². The van der Waals surface area contributed by atoms with Crippen LogP contribution in [0.3, 0.4) is 0 Å². The number of ether oxygens (including phenoxy) is 1. The van der Waals surface area contributed by atoms with Crippen molar-refractivity contribution in [3.05, 3.63) is 70.4 Å². The number of likely N-dealkylation sites (N-methyl/N-ethyl adjacent to an activating group) is 2.